The molecule has 0 aliphatic heterocycles. The zero-order chi connectivity index (χ0) is 5.86. The fraction of sp³-hybridized carbons (Fsp3) is 0.400. The van der Waals surface area contributed by atoms with Crippen LogP contribution in [0.4, 0.5) is 0 Å². The summed E-state index contributed by atoms with van der Waals surface area (Å²) in [7, 11) is 0. The van der Waals surface area contributed by atoms with Crippen LogP contribution >= 0.6 is 0 Å². The van der Waals surface area contributed by atoms with Gasteiger partial charge in [-0.05, 0) is 13.8 Å². The van der Waals surface area contributed by atoms with Crippen molar-refractivity contribution in [2.24, 2.45) is 0 Å². The van der Waals surface area contributed by atoms with Crippen LogP contribution < -0.4 is 0 Å². The third-order valence-corrected chi connectivity index (χ3v) is 0.315. The van der Waals surface area contributed by atoms with Gasteiger partial charge < -0.3 is 22.3 Å². The van der Waals surface area contributed by atoms with Crippen LogP contribution in [0.2, 0.25) is 0 Å². The Labute approximate surface area is 131 Å². The Morgan fingerprint density at radius 3 is 1.08 bits per heavy atom. The summed E-state index contributed by atoms with van der Waals surface area (Å²) in [6.45, 7) is 2.47. The van der Waals surface area contributed by atoms with Gasteiger partial charge in [-0.2, -0.15) is 0 Å². The van der Waals surface area contributed by atoms with Crippen molar-refractivity contribution in [3.63, 3.8) is 0 Å². The zero-order valence-corrected chi connectivity index (χ0v) is 18.6. The number of carbonyl (C=O) groups excluding carboxylic acids is 2. The van der Waals surface area contributed by atoms with Gasteiger partial charge in [-0.1, -0.05) is 0 Å². The second-order valence-corrected chi connectivity index (χ2v) is 1.15. The summed E-state index contributed by atoms with van der Waals surface area (Å²) in [4.78, 5) is 19.7. The van der Waals surface area contributed by atoms with Crippen molar-refractivity contribution in [2.75, 3.05) is 0 Å². The standard InChI is InChI=1S/C4H7NO2.CH3.4W/c1-3(6)5-4(2)7;;;;;/h1-2H3,(H,5,6,7);1H3;;;;/q;-1;;;;+2/p-1. The molecule has 0 aromatic rings. The normalized spacial score (nSPS) is 4.50. The summed E-state index contributed by atoms with van der Waals surface area (Å²) in [6, 6.07) is 0. The molecule has 0 aliphatic rings. The molecule has 0 unspecified atom stereocenters. The molecule has 0 bridgehead atoms. The van der Waals surface area contributed by atoms with Gasteiger partial charge in [-0.25, -0.2) is 0 Å². The molecule has 0 N–H and O–H groups in total. The largest absolute Gasteiger partial charge is 2.00 e. The van der Waals surface area contributed by atoms with Crippen LogP contribution in [0, 0.1) is 7.43 Å². The van der Waals surface area contributed by atoms with E-state index in [0.717, 1.165) is 0 Å². The number of carbonyl (C=O) groups is 2. The molecule has 12 heavy (non-hydrogen) atoms. The zero-order valence-electron chi connectivity index (χ0n) is 6.90. The molecule has 0 radical (unpaired) electrons. The molecule has 0 saturated carbocycles. The molecule has 0 aromatic carbocycles. The predicted octanol–water partition coefficient (Wildman–Crippen LogP) is 0.893. The Hall–Kier alpha value is 1.89. The smallest absolute Gasteiger partial charge is 0.596 e. The van der Waals surface area contributed by atoms with E-state index in [1.165, 1.54) is 13.8 Å². The van der Waals surface area contributed by atoms with Crippen LogP contribution in [-0.4, -0.2) is 11.8 Å². The first-order valence-corrected chi connectivity index (χ1v) is 1.86. The summed E-state index contributed by atoms with van der Waals surface area (Å²) >= 11 is 0. The maximum Gasteiger partial charge on any atom is 2.00 e. The van der Waals surface area contributed by atoms with Gasteiger partial charge in [0.1, 0.15) is 0 Å². The maximum absolute atomic E-state index is 9.87. The second-order valence-electron chi connectivity index (χ2n) is 1.15. The monoisotopic (exact) mass is 851 g/mol. The van der Waals surface area contributed by atoms with Crippen LogP contribution in [0.3, 0.4) is 0 Å². The SMILES string of the molecule is CC(=O)[N-]C(C)=O.[CH3-].[W+2].[W].[W].[W]. The molecule has 7 heteroatoms. The molecule has 0 rings (SSSR count). The van der Waals surface area contributed by atoms with Crippen molar-refractivity contribution >= 4 is 11.8 Å². The molecular weight excluding hydrogens is 841 g/mol. The van der Waals surface area contributed by atoms with E-state index in [9.17, 15) is 9.59 Å². The average molecular weight is 850 g/mol. The molecule has 70 valence electrons. The van der Waals surface area contributed by atoms with Crippen molar-refractivity contribution in [1.29, 1.82) is 0 Å². The first-order valence-electron chi connectivity index (χ1n) is 1.86. The van der Waals surface area contributed by atoms with Gasteiger partial charge in [-0.3, -0.25) is 0 Å². The fourth-order valence-electron chi connectivity index (χ4n) is 0.222. The molecule has 0 atom stereocenters. The van der Waals surface area contributed by atoms with Crippen LogP contribution in [0.5, 0.6) is 0 Å². The van der Waals surface area contributed by atoms with Crippen LogP contribution in [0.25, 0.3) is 5.32 Å². The predicted molar refractivity (Wildman–Crippen MR) is 31.1 cm³/mol. The maximum atomic E-state index is 9.87. The Morgan fingerprint density at radius 1 is 0.917 bits per heavy atom. The Morgan fingerprint density at radius 2 is 1.08 bits per heavy atom. The van der Waals surface area contributed by atoms with Gasteiger partial charge in [0.2, 0.25) is 0 Å². The number of rotatable bonds is 0. The molecular formula is C5H9NO2W4. The molecule has 0 heterocycles. The van der Waals surface area contributed by atoms with E-state index < -0.39 is 11.8 Å². The topological polar surface area (TPSA) is 48.2 Å². The molecule has 0 aromatic heterocycles. The minimum atomic E-state index is -0.437. The summed E-state index contributed by atoms with van der Waals surface area (Å²) in [5.74, 6) is -0.875. The number of imide groups is 1. The number of hydrogen-bond acceptors (Lipinski definition) is 2. The van der Waals surface area contributed by atoms with E-state index in [-0.39, 0.29) is 91.7 Å². The van der Waals surface area contributed by atoms with Gasteiger partial charge in [0.05, 0.1) is 11.8 Å². The van der Waals surface area contributed by atoms with Crippen LogP contribution in [-0.2, 0) is 93.9 Å². The molecule has 2 amide bonds. The van der Waals surface area contributed by atoms with Crippen molar-refractivity contribution in [2.45, 2.75) is 13.8 Å². The van der Waals surface area contributed by atoms with Crippen LogP contribution in [0.15, 0.2) is 0 Å². The molecule has 0 fully saturated rings. The van der Waals surface area contributed by atoms with Crippen LogP contribution in [0.1, 0.15) is 13.8 Å². The van der Waals surface area contributed by atoms with E-state index >= 15 is 0 Å². The van der Waals surface area contributed by atoms with Crippen molar-refractivity contribution in [3.8, 4) is 0 Å². The molecule has 0 saturated heterocycles. The van der Waals surface area contributed by atoms with Crippen molar-refractivity contribution in [3.05, 3.63) is 12.7 Å². The average Bonchev–Trinajstić information content (AvgIpc) is 1.27. The third-order valence-electron chi connectivity index (χ3n) is 0.315. The minimum Gasteiger partial charge on any atom is -0.596 e. The Kier molecular flexibility index (Phi) is 71.2. The Bertz CT molecular complexity index is 97.6. The van der Waals surface area contributed by atoms with E-state index in [4.69, 9.17) is 0 Å². The summed E-state index contributed by atoms with van der Waals surface area (Å²) in [5.41, 5.74) is 0. The fourth-order valence-corrected chi connectivity index (χ4v) is 0.222. The number of nitrogens with zero attached hydrogens (tertiary/aromatic N) is 1. The van der Waals surface area contributed by atoms with Gasteiger partial charge in [0.15, 0.2) is 0 Å². The van der Waals surface area contributed by atoms with Gasteiger partial charge in [-0.15, -0.1) is 0 Å². The quantitative estimate of drug-likeness (QED) is 0.341. The van der Waals surface area contributed by atoms with Gasteiger partial charge >= 0.3 is 21.1 Å². The summed E-state index contributed by atoms with van der Waals surface area (Å²) < 4.78 is 0. The second kappa shape index (κ2) is 23.1. The molecule has 0 spiro atoms. The van der Waals surface area contributed by atoms with Crippen molar-refractivity contribution < 1.29 is 93.9 Å². The van der Waals surface area contributed by atoms with E-state index in [2.05, 4.69) is 5.32 Å². The minimum absolute atomic E-state index is 0. The first kappa shape index (κ1) is 37.1. The van der Waals surface area contributed by atoms with Crippen molar-refractivity contribution in [1.82, 2.24) is 0 Å². The third kappa shape index (κ3) is 40.6. The van der Waals surface area contributed by atoms with Gasteiger partial charge in [0, 0.05) is 63.2 Å². The molecule has 3 nitrogen and oxygen atoms in total. The first-order chi connectivity index (χ1) is 3.13. The summed E-state index contributed by atoms with van der Waals surface area (Å²) in [5, 5.41) is 3.00. The molecule has 0 aliphatic carbocycles. The van der Waals surface area contributed by atoms with E-state index in [1.54, 1.807) is 0 Å². The Balaban J connectivity index is -0.0000000180. The van der Waals surface area contributed by atoms with Gasteiger partial charge in [0.25, 0.3) is 0 Å². The van der Waals surface area contributed by atoms with E-state index in [0.29, 0.717) is 0 Å². The number of amides is 2. The van der Waals surface area contributed by atoms with E-state index in [1.807, 2.05) is 0 Å². The number of hydrogen-bond donors (Lipinski definition) is 0. The summed E-state index contributed by atoms with van der Waals surface area (Å²) in [6.07, 6.45) is 0.